The smallest absolute Gasteiger partial charge is 0.512 e. The summed E-state index contributed by atoms with van der Waals surface area (Å²) >= 11 is 0. The van der Waals surface area contributed by atoms with Crippen molar-refractivity contribution in [3.05, 3.63) is 72.3 Å². The molecule has 9 heteroatoms. The molecule has 0 N–H and O–H groups in total. The second-order valence-electron chi connectivity index (χ2n) is 6.27. The van der Waals surface area contributed by atoms with Gasteiger partial charge in [0.05, 0.1) is 11.4 Å². The number of hydrogen-bond acceptors (Lipinski definition) is 4. The molecule has 2 heterocycles. The Morgan fingerprint density at radius 2 is 1.14 bits per heavy atom. The number of benzene rings is 2. The molecule has 29 heavy (non-hydrogen) atoms. The van der Waals surface area contributed by atoms with E-state index in [1.807, 2.05) is 0 Å². The zero-order valence-electron chi connectivity index (χ0n) is 15.7. The minimum absolute atomic E-state index is 0.361. The fourth-order valence-electron chi connectivity index (χ4n) is 2.84. The zero-order valence-corrected chi connectivity index (χ0v) is 15.7. The molecule has 145 valence electrons. The lowest BCUT2D eigenvalue weighted by molar-refractivity contribution is 0.408. The van der Waals surface area contributed by atoms with Crippen LogP contribution in [0.15, 0.2) is 60.7 Å². The van der Waals surface area contributed by atoms with Crippen molar-refractivity contribution < 1.29 is 18.1 Å². The highest BCUT2D eigenvalue weighted by atomic mass is 19.1. The van der Waals surface area contributed by atoms with Crippen molar-refractivity contribution >= 4 is 7.69 Å². The predicted octanol–water partition coefficient (Wildman–Crippen LogP) is 3.76. The van der Waals surface area contributed by atoms with Crippen LogP contribution >= 0.6 is 0 Å². The third kappa shape index (κ3) is 3.84. The summed E-state index contributed by atoms with van der Waals surface area (Å²) in [6, 6.07) is 15.9. The van der Waals surface area contributed by atoms with Crippen LogP contribution in [-0.4, -0.2) is 27.2 Å². The number of halogens is 2. The van der Waals surface area contributed by atoms with E-state index >= 15 is 0 Å². The van der Waals surface area contributed by atoms with Gasteiger partial charge >= 0.3 is 7.69 Å². The molecular formula is C20H16BF2N4O2. The molecule has 0 saturated heterocycles. The SMILES string of the molecule is Cn1nc(-c2ccccc2F)cc1O[B]Oc1cc(-c2ccccc2F)nn1C. The van der Waals surface area contributed by atoms with Crippen molar-refractivity contribution in [3.8, 4) is 34.3 Å². The predicted molar refractivity (Wildman–Crippen MR) is 104 cm³/mol. The average Bonchev–Trinajstić information content (AvgIpc) is 3.25. The molecule has 0 atom stereocenters. The average molecular weight is 393 g/mol. The fourth-order valence-corrected chi connectivity index (χ4v) is 2.84. The van der Waals surface area contributed by atoms with E-state index in [-0.39, 0.29) is 11.6 Å². The molecule has 6 nitrogen and oxygen atoms in total. The molecule has 1 radical (unpaired) electrons. The number of hydrogen-bond donors (Lipinski definition) is 0. The van der Waals surface area contributed by atoms with Gasteiger partial charge in [-0.05, 0) is 24.3 Å². The molecule has 4 aromatic rings. The van der Waals surface area contributed by atoms with E-state index in [0.29, 0.717) is 34.3 Å². The number of aryl methyl sites for hydroxylation is 2. The van der Waals surface area contributed by atoms with Gasteiger partial charge < -0.3 is 9.31 Å². The second-order valence-corrected chi connectivity index (χ2v) is 6.27. The molecular weight excluding hydrogens is 377 g/mol. The summed E-state index contributed by atoms with van der Waals surface area (Å²) in [4.78, 5) is 0. The largest absolute Gasteiger partial charge is 0.660 e. The van der Waals surface area contributed by atoms with E-state index in [2.05, 4.69) is 10.2 Å². The van der Waals surface area contributed by atoms with Crippen LogP contribution in [0, 0.1) is 11.6 Å². The van der Waals surface area contributed by atoms with Gasteiger partial charge in [-0.25, -0.2) is 18.1 Å². The van der Waals surface area contributed by atoms with Crippen LogP contribution in [0.25, 0.3) is 22.5 Å². The van der Waals surface area contributed by atoms with Gasteiger partial charge in [0.1, 0.15) is 11.6 Å². The number of aromatic nitrogens is 4. The standard InChI is InChI=1S/C20H16BF2N4O2/c1-26-19(11-17(24-26)13-7-3-5-9-15(13)22)28-21-29-20-12-18(25-27(20)2)14-8-4-6-10-16(14)23/h3-12H,1-2H3. The van der Waals surface area contributed by atoms with Gasteiger partial charge in [0.25, 0.3) is 0 Å². The molecule has 2 aromatic carbocycles. The van der Waals surface area contributed by atoms with Gasteiger partial charge in [0, 0.05) is 37.4 Å². The maximum atomic E-state index is 13.9. The Balaban J connectivity index is 1.45. The topological polar surface area (TPSA) is 54.1 Å². The Hall–Kier alpha value is -3.62. The van der Waals surface area contributed by atoms with Crippen LogP contribution in [0.3, 0.4) is 0 Å². The summed E-state index contributed by atoms with van der Waals surface area (Å²) in [6.45, 7) is 0. The number of rotatable bonds is 6. The lowest BCUT2D eigenvalue weighted by atomic mass is 10.1. The summed E-state index contributed by atoms with van der Waals surface area (Å²) in [7, 11) is 4.46. The van der Waals surface area contributed by atoms with Crippen molar-refractivity contribution in [2.24, 2.45) is 14.1 Å². The minimum atomic E-state index is -0.368. The Morgan fingerprint density at radius 3 is 1.55 bits per heavy atom. The Morgan fingerprint density at radius 1 is 0.724 bits per heavy atom. The first-order valence-corrected chi connectivity index (χ1v) is 8.76. The Bertz CT molecular complexity index is 1070. The highest BCUT2D eigenvalue weighted by Crippen LogP contribution is 2.26. The fraction of sp³-hybridized carbons (Fsp3) is 0.100. The second kappa shape index (κ2) is 7.79. The molecule has 4 rings (SSSR count). The third-order valence-corrected chi connectivity index (χ3v) is 4.31. The maximum Gasteiger partial charge on any atom is 0.660 e. The van der Waals surface area contributed by atoms with E-state index in [1.165, 1.54) is 21.5 Å². The lowest BCUT2D eigenvalue weighted by Gasteiger charge is -2.05. The molecule has 0 amide bonds. The Labute approximate surface area is 166 Å². The first kappa shape index (κ1) is 18.7. The zero-order chi connectivity index (χ0) is 20.4. The summed E-state index contributed by atoms with van der Waals surface area (Å²) in [5, 5.41) is 8.51. The van der Waals surface area contributed by atoms with Crippen LogP contribution in [-0.2, 0) is 14.1 Å². The molecule has 0 saturated carbocycles. The normalized spacial score (nSPS) is 10.8. The van der Waals surface area contributed by atoms with Crippen LogP contribution in [0.5, 0.6) is 11.8 Å². The van der Waals surface area contributed by atoms with E-state index in [4.69, 9.17) is 9.31 Å². The van der Waals surface area contributed by atoms with Gasteiger partial charge in [-0.2, -0.15) is 10.2 Å². The van der Waals surface area contributed by atoms with Gasteiger partial charge in [-0.1, -0.05) is 24.3 Å². The number of nitrogens with zero attached hydrogens (tertiary/aromatic N) is 4. The summed E-state index contributed by atoms with van der Waals surface area (Å²) in [6.07, 6.45) is 0. The summed E-state index contributed by atoms with van der Waals surface area (Å²) < 4.78 is 41.8. The first-order chi connectivity index (χ1) is 14.0. The molecule has 0 aliphatic heterocycles. The molecule has 0 aliphatic rings. The van der Waals surface area contributed by atoms with E-state index < -0.39 is 0 Å². The maximum absolute atomic E-state index is 13.9. The van der Waals surface area contributed by atoms with E-state index in [9.17, 15) is 8.78 Å². The van der Waals surface area contributed by atoms with Crippen LogP contribution in [0.2, 0.25) is 0 Å². The molecule has 0 fully saturated rings. The highest BCUT2D eigenvalue weighted by Gasteiger charge is 2.15. The molecule has 0 bridgehead atoms. The lowest BCUT2D eigenvalue weighted by Crippen LogP contribution is -2.14. The van der Waals surface area contributed by atoms with Crippen LogP contribution in [0.4, 0.5) is 8.78 Å². The van der Waals surface area contributed by atoms with Gasteiger partial charge in [0.15, 0.2) is 11.8 Å². The Kier molecular flexibility index (Phi) is 5.03. The van der Waals surface area contributed by atoms with E-state index in [0.717, 1.165) is 7.69 Å². The molecule has 0 spiro atoms. The van der Waals surface area contributed by atoms with Crippen molar-refractivity contribution in [3.63, 3.8) is 0 Å². The first-order valence-electron chi connectivity index (χ1n) is 8.76. The van der Waals surface area contributed by atoms with Crippen LogP contribution < -0.4 is 9.31 Å². The highest BCUT2D eigenvalue weighted by molar-refractivity contribution is 6.20. The van der Waals surface area contributed by atoms with Crippen molar-refractivity contribution in [2.45, 2.75) is 0 Å². The van der Waals surface area contributed by atoms with Crippen molar-refractivity contribution in [2.75, 3.05) is 0 Å². The minimum Gasteiger partial charge on any atom is -0.512 e. The quantitative estimate of drug-likeness (QED) is 0.468. The van der Waals surface area contributed by atoms with Crippen molar-refractivity contribution in [1.29, 1.82) is 0 Å². The third-order valence-electron chi connectivity index (χ3n) is 4.31. The van der Waals surface area contributed by atoms with Gasteiger partial charge in [-0.3, -0.25) is 0 Å². The van der Waals surface area contributed by atoms with Crippen molar-refractivity contribution in [1.82, 2.24) is 19.6 Å². The van der Waals surface area contributed by atoms with Crippen LogP contribution in [0.1, 0.15) is 0 Å². The molecule has 0 aliphatic carbocycles. The summed E-state index contributed by atoms with van der Waals surface area (Å²) in [5.74, 6) is -0.0135. The van der Waals surface area contributed by atoms with Gasteiger partial charge in [0.2, 0.25) is 0 Å². The van der Waals surface area contributed by atoms with Gasteiger partial charge in [-0.15, -0.1) is 0 Å². The monoisotopic (exact) mass is 393 g/mol. The van der Waals surface area contributed by atoms with E-state index in [1.54, 1.807) is 62.6 Å². The molecule has 0 unspecified atom stereocenters. The summed E-state index contributed by atoms with van der Waals surface area (Å²) in [5.41, 5.74) is 1.63. The molecule has 2 aromatic heterocycles.